The Morgan fingerprint density at radius 3 is 2.00 bits per heavy atom. The van der Waals surface area contributed by atoms with E-state index >= 15 is 0 Å². The molecule has 0 aliphatic heterocycles. The third-order valence-electron chi connectivity index (χ3n) is 3.19. The zero-order chi connectivity index (χ0) is 13.2. The zero-order valence-corrected chi connectivity index (χ0v) is 11.7. The Morgan fingerprint density at radius 1 is 0.789 bits per heavy atom. The predicted molar refractivity (Wildman–Crippen MR) is 80.3 cm³/mol. The smallest absolute Gasteiger partial charge is 0.173 e. The van der Waals surface area contributed by atoms with Crippen molar-refractivity contribution in [3.8, 4) is 22.0 Å². The summed E-state index contributed by atoms with van der Waals surface area (Å²) in [4.78, 5) is 4.68. The van der Waals surface area contributed by atoms with E-state index in [0.29, 0.717) is 0 Å². The van der Waals surface area contributed by atoms with Crippen LogP contribution in [-0.4, -0.2) is 9.36 Å². The number of benzene rings is 2. The fraction of sp³-hybridized carbons (Fsp3) is 0.125. The molecule has 19 heavy (non-hydrogen) atoms. The molecule has 0 amide bonds. The highest BCUT2D eigenvalue weighted by Gasteiger charge is 2.11. The Hall–Kier alpha value is -2.00. The molecule has 1 aromatic heterocycles. The molecule has 1 heterocycles. The van der Waals surface area contributed by atoms with E-state index in [0.717, 1.165) is 16.4 Å². The first kappa shape index (κ1) is 12.1. The molecule has 0 atom stereocenters. The molecule has 2 aromatic carbocycles. The summed E-state index contributed by atoms with van der Waals surface area (Å²) in [6, 6.07) is 16.5. The van der Waals surface area contributed by atoms with Crippen molar-refractivity contribution in [3.63, 3.8) is 0 Å². The summed E-state index contributed by atoms with van der Waals surface area (Å²) in [7, 11) is 0. The average molecular weight is 266 g/mol. The van der Waals surface area contributed by atoms with Crippen LogP contribution >= 0.6 is 11.5 Å². The van der Waals surface area contributed by atoms with Crippen molar-refractivity contribution in [1.82, 2.24) is 9.36 Å². The SMILES string of the molecule is Cc1ccccc1-c1nsc(-c2ccccc2C)n1. The average Bonchev–Trinajstić information content (AvgIpc) is 2.89. The van der Waals surface area contributed by atoms with Crippen LogP contribution in [0.15, 0.2) is 48.5 Å². The van der Waals surface area contributed by atoms with E-state index in [1.807, 2.05) is 24.3 Å². The molecule has 94 valence electrons. The van der Waals surface area contributed by atoms with E-state index in [4.69, 9.17) is 0 Å². The largest absolute Gasteiger partial charge is 0.215 e. The summed E-state index contributed by atoms with van der Waals surface area (Å²) in [5.41, 5.74) is 4.71. The normalized spacial score (nSPS) is 10.6. The van der Waals surface area contributed by atoms with Crippen LogP contribution in [-0.2, 0) is 0 Å². The lowest BCUT2D eigenvalue weighted by molar-refractivity contribution is 1.29. The molecule has 0 saturated carbocycles. The molecule has 3 rings (SSSR count). The number of nitrogens with zero attached hydrogens (tertiary/aromatic N) is 2. The lowest BCUT2D eigenvalue weighted by Gasteiger charge is -2.01. The summed E-state index contributed by atoms with van der Waals surface area (Å²) in [5, 5.41) is 0.983. The van der Waals surface area contributed by atoms with Crippen LogP contribution in [0.3, 0.4) is 0 Å². The van der Waals surface area contributed by atoms with E-state index in [9.17, 15) is 0 Å². The number of rotatable bonds is 2. The van der Waals surface area contributed by atoms with E-state index in [-0.39, 0.29) is 0 Å². The molecule has 0 bridgehead atoms. The van der Waals surface area contributed by atoms with E-state index < -0.39 is 0 Å². The summed E-state index contributed by atoms with van der Waals surface area (Å²) in [5.74, 6) is 0.821. The van der Waals surface area contributed by atoms with Gasteiger partial charge in [-0.15, -0.1) is 0 Å². The van der Waals surface area contributed by atoms with Gasteiger partial charge in [-0.2, -0.15) is 4.37 Å². The Kier molecular flexibility index (Phi) is 3.13. The first-order valence-corrected chi connectivity index (χ1v) is 6.99. The maximum atomic E-state index is 4.68. The van der Waals surface area contributed by atoms with Crippen molar-refractivity contribution in [1.29, 1.82) is 0 Å². The first-order chi connectivity index (χ1) is 9.25. The van der Waals surface area contributed by atoms with Crippen LogP contribution in [0.5, 0.6) is 0 Å². The van der Waals surface area contributed by atoms with Gasteiger partial charge in [0.1, 0.15) is 5.01 Å². The van der Waals surface area contributed by atoms with Gasteiger partial charge < -0.3 is 0 Å². The third kappa shape index (κ3) is 2.29. The molecule has 0 saturated heterocycles. The molecular formula is C16H14N2S. The van der Waals surface area contributed by atoms with Gasteiger partial charge in [0, 0.05) is 11.1 Å². The van der Waals surface area contributed by atoms with Gasteiger partial charge in [-0.3, -0.25) is 0 Å². The first-order valence-electron chi connectivity index (χ1n) is 6.21. The second-order valence-electron chi connectivity index (χ2n) is 4.55. The maximum absolute atomic E-state index is 4.68. The van der Waals surface area contributed by atoms with Gasteiger partial charge in [-0.05, 0) is 36.5 Å². The minimum absolute atomic E-state index is 0.821. The van der Waals surface area contributed by atoms with Gasteiger partial charge >= 0.3 is 0 Å². The molecule has 0 fully saturated rings. The molecule has 0 spiro atoms. The van der Waals surface area contributed by atoms with Crippen molar-refractivity contribution in [2.75, 3.05) is 0 Å². The molecule has 0 aliphatic carbocycles. The molecule has 3 heteroatoms. The number of hydrogen-bond acceptors (Lipinski definition) is 3. The van der Waals surface area contributed by atoms with Crippen molar-refractivity contribution < 1.29 is 0 Å². The standard InChI is InChI=1S/C16H14N2S/c1-11-7-3-5-9-13(11)15-17-16(19-18-15)14-10-6-4-8-12(14)2/h3-10H,1-2H3. The second-order valence-corrected chi connectivity index (χ2v) is 5.30. The van der Waals surface area contributed by atoms with Crippen LogP contribution in [0.25, 0.3) is 22.0 Å². The molecule has 0 unspecified atom stereocenters. The summed E-state index contributed by atoms with van der Waals surface area (Å²) in [6.45, 7) is 4.19. The minimum Gasteiger partial charge on any atom is -0.215 e. The summed E-state index contributed by atoms with van der Waals surface area (Å²) < 4.78 is 4.50. The number of aromatic nitrogens is 2. The minimum atomic E-state index is 0.821. The van der Waals surface area contributed by atoms with E-state index in [1.165, 1.54) is 28.2 Å². The van der Waals surface area contributed by atoms with Crippen molar-refractivity contribution in [3.05, 3.63) is 59.7 Å². The van der Waals surface area contributed by atoms with Crippen LogP contribution < -0.4 is 0 Å². The van der Waals surface area contributed by atoms with Gasteiger partial charge in [-0.25, -0.2) is 4.98 Å². The molecular weight excluding hydrogens is 252 g/mol. The summed E-state index contributed by atoms with van der Waals surface area (Å²) in [6.07, 6.45) is 0. The fourth-order valence-corrected chi connectivity index (χ4v) is 2.85. The predicted octanol–water partition coefficient (Wildman–Crippen LogP) is 4.49. The molecule has 0 aliphatic rings. The van der Waals surface area contributed by atoms with Gasteiger partial charge in [-0.1, -0.05) is 48.5 Å². The Labute approximate surface area is 116 Å². The van der Waals surface area contributed by atoms with Crippen LogP contribution in [0.4, 0.5) is 0 Å². The quantitative estimate of drug-likeness (QED) is 0.683. The molecule has 0 N–H and O–H groups in total. The lowest BCUT2D eigenvalue weighted by atomic mass is 10.1. The monoisotopic (exact) mass is 266 g/mol. The number of hydrogen-bond donors (Lipinski definition) is 0. The summed E-state index contributed by atoms with van der Waals surface area (Å²) >= 11 is 1.46. The van der Waals surface area contributed by atoms with Gasteiger partial charge in [0.25, 0.3) is 0 Å². The highest BCUT2D eigenvalue weighted by atomic mass is 32.1. The Balaban J connectivity index is 2.06. The van der Waals surface area contributed by atoms with Crippen molar-refractivity contribution >= 4 is 11.5 Å². The van der Waals surface area contributed by atoms with E-state index in [2.05, 4.69) is 47.5 Å². The van der Waals surface area contributed by atoms with Gasteiger partial charge in [0.15, 0.2) is 5.82 Å². The second kappa shape index (κ2) is 4.94. The Morgan fingerprint density at radius 2 is 1.37 bits per heavy atom. The van der Waals surface area contributed by atoms with Crippen LogP contribution in [0, 0.1) is 13.8 Å². The van der Waals surface area contributed by atoms with Gasteiger partial charge in [0.2, 0.25) is 0 Å². The topological polar surface area (TPSA) is 25.8 Å². The molecule has 0 radical (unpaired) electrons. The van der Waals surface area contributed by atoms with Crippen LogP contribution in [0.2, 0.25) is 0 Å². The molecule has 2 nitrogen and oxygen atoms in total. The molecule has 3 aromatic rings. The maximum Gasteiger partial charge on any atom is 0.173 e. The lowest BCUT2D eigenvalue weighted by Crippen LogP contribution is -1.85. The Bertz CT molecular complexity index is 656. The highest BCUT2D eigenvalue weighted by Crippen LogP contribution is 2.29. The van der Waals surface area contributed by atoms with E-state index in [1.54, 1.807) is 0 Å². The zero-order valence-electron chi connectivity index (χ0n) is 10.9. The highest BCUT2D eigenvalue weighted by molar-refractivity contribution is 7.09. The van der Waals surface area contributed by atoms with Crippen LogP contribution in [0.1, 0.15) is 11.1 Å². The third-order valence-corrected chi connectivity index (χ3v) is 3.94. The van der Waals surface area contributed by atoms with Gasteiger partial charge in [0.05, 0.1) is 0 Å². The van der Waals surface area contributed by atoms with Crippen molar-refractivity contribution in [2.45, 2.75) is 13.8 Å². The number of aryl methyl sites for hydroxylation is 2. The fourth-order valence-electron chi connectivity index (χ4n) is 2.08. The van der Waals surface area contributed by atoms with Crippen molar-refractivity contribution in [2.24, 2.45) is 0 Å².